The number of carbonyl (C=O) groups is 1. The molecule has 4 aromatic rings. The summed E-state index contributed by atoms with van der Waals surface area (Å²) in [7, 11) is 0. The fourth-order valence-electron chi connectivity index (χ4n) is 4.33. The number of hydrogen-bond acceptors (Lipinski definition) is 2. The van der Waals surface area contributed by atoms with Crippen LogP contribution in [-0.4, -0.2) is 11.1 Å². The van der Waals surface area contributed by atoms with E-state index in [0.717, 1.165) is 17.5 Å². The van der Waals surface area contributed by atoms with Crippen LogP contribution in [0.2, 0.25) is 0 Å². The quantitative estimate of drug-likeness (QED) is 0.330. The van der Waals surface area contributed by atoms with E-state index in [9.17, 15) is 4.79 Å². The van der Waals surface area contributed by atoms with Crippen LogP contribution in [0.5, 0.6) is 0 Å². The van der Waals surface area contributed by atoms with E-state index in [-0.39, 0.29) is 5.41 Å². The van der Waals surface area contributed by atoms with Crippen molar-refractivity contribution >= 4 is 45.1 Å². The zero-order chi connectivity index (χ0) is 22.3. The van der Waals surface area contributed by atoms with Crippen molar-refractivity contribution in [3.8, 4) is 0 Å². The van der Waals surface area contributed by atoms with Crippen molar-refractivity contribution in [2.75, 3.05) is 0 Å². The minimum Gasteiger partial charge on any atom is -0.478 e. The van der Waals surface area contributed by atoms with Gasteiger partial charge in [-0.25, -0.2) is 4.79 Å². The summed E-state index contributed by atoms with van der Waals surface area (Å²) >= 11 is 1.85. The fraction of sp³-hybridized carbons (Fsp3) is 0.138. The van der Waals surface area contributed by atoms with Crippen LogP contribution in [0, 0.1) is 0 Å². The highest BCUT2D eigenvalue weighted by atomic mass is 32.1. The minimum absolute atomic E-state index is 0.102. The summed E-state index contributed by atoms with van der Waals surface area (Å²) in [6, 6.07) is 24.5. The average Bonchev–Trinajstić information content (AvgIpc) is 3.21. The van der Waals surface area contributed by atoms with Gasteiger partial charge in [0.05, 0.1) is 5.56 Å². The van der Waals surface area contributed by atoms with E-state index in [4.69, 9.17) is 5.11 Å². The lowest BCUT2D eigenvalue weighted by molar-refractivity contribution is 0.0697. The monoisotopic (exact) mass is 436 g/mol. The Morgan fingerprint density at radius 2 is 1.66 bits per heavy atom. The number of carboxylic acids is 1. The molecule has 3 heteroatoms. The molecule has 0 unspecified atom stereocenters. The van der Waals surface area contributed by atoms with Crippen molar-refractivity contribution in [3.63, 3.8) is 0 Å². The van der Waals surface area contributed by atoms with E-state index in [1.165, 1.54) is 31.7 Å². The summed E-state index contributed by atoms with van der Waals surface area (Å²) in [6.07, 6.45) is 7.55. The second-order valence-corrected chi connectivity index (χ2v) is 10.0. The predicted octanol–water partition coefficient (Wildman–Crippen LogP) is 7.88. The molecule has 0 atom stereocenters. The van der Waals surface area contributed by atoms with Gasteiger partial charge >= 0.3 is 5.97 Å². The van der Waals surface area contributed by atoms with Crippen LogP contribution in [0.25, 0.3) is 27.8 Å². The lowest BCUT2D eigenvalue weighted by Crippen LogP contribution is -2.21. The van der Waals surface area contributed by atoms with E-state index in [1.54, 1.807) is 12.1 Å². The number of fused-ring (bicyclic) bond motifs is 2. The maximum atomic E-state index is 11.1. The molecule has 2 nitrogen and oxygen atoms in total. The Morgan fingerprint density at radius 1 is 0.938 bits per heavy atom. The van der Waals surface area contributed by atoms with Crippen LogP contribution >= 0.6 is 11.3 Å². The second kappa shape index (κ2) is 7.92. The molecule has 1 heterocycles. The van der Waals surface area contributed by atoms with Gasteiger partial charge < -0.3 is 5.11 Å². The first-order valence-corrected chi connectivity index (χ1v) is 11.6. The summed E-state index contributed by atoms with van der Waals surface area (Å²) in [5.41, 5.74) is 6.53. The van der Waals surface area contributed by atoms with Crippen LogP contribution in [0.15, 0.2) is 78.9 Å². The third-order valence-corrected chi connectivity index (χ3v) is 7.35. The molecular weight excluding hydrogens is 412 g/mol. The van der Waals surface area contributed by atoms with Crippen molar-refractivity contribution in [1.29, 1.82) is 0 Å². The Hall–Kier alpha value is -3.43. The summed E-state index contributed by atoms with van der Waals surface area (Å²) in [6.45, 7) is 4.62. The van der Waals surface area contributed by atoms with Crippen LogP contribution in [-0.2, 0) is 5.41 Å². The van der Waals surface area contributed by atoms with Crippen molar-refractivity contribution in [2.45, 2.75) is 25.7 Å². The van der Waals surface area contributed by atoms with Gasteiger partial charge in [0.25, 0.3) is 0 Å². The number of hydrogen-bond donors (Lipinski definition) is 1. The zero-order valence-electron chi connectivity index (χ0n) is 18.1. The minimum atomic E-state index is -0.904. The largest absolute Gasteiger partial charge is 0.478 e. The van der Waals surface area contributed by atoms with Crippen LogP contribution in [0.1, 0.15) is 57.8 Å². The van der Waals surface area contributed by atoms with Gasteiger partial charge in [0.15, 0.2) is 0 Å². The lowest BCUT2D eigenvalue weighted by Gasteiger charge is -2.32. The van der Waals surface area contributed by atoms with E-state index in [2.05, 4.69) is 74.5 Å². The van der Waals surface area contributed by atoms with Gasteiger partial charge in [0.2, 0.25) is 0 Å². The first kappa shape index (κ1) is 20.5. The first-order chi connectivity index (χ1) is 15.4. The summed E-state index contributed by atoms with van der Waals surface area (Å²) in [5.74, 6) is -0.904. The number of allylic oxidation sites excluding steroid dienone is 1. The molecule has 1 aromatic heterocycles. The number of aromatic carboxylic acids is 1. The van der Waals surface area contributed by atoms with E-state index in [1.807, 2.05) is 29.5 Å². The van der Waals surface area contributed by atoms with Crippen molar-refractivity contribution in [1.82, 2.24) is 0 Å². The highest BCUT2D eigenvalue weighted by Crippen LogP contribution is 2.44. The van der Waals surface area contributed by atoms with Crippen molar-refractivity contribution < 1.29 is 9.90 Å². The fourth-order valence-corrected chi connectivity index (χ4v) is 5.45. The lowest BCUT2D eigenvalue weighted by atomic mass is 9.72. The maximum absolute atomic E-state index is 11.1. The molecule has 0 aliphatic heterocycles. The number of benzene rings is 3. The van der Waals surface area contributed by atoms with Gasteiger partial charge in [-0.3, -0.25) is 0 Å². The molecule has 0 saturated carbocycles. The van der Waals surface area contributed by atoms with Crippen LogP contribution in [0.3, 0.4) is 0 Å². The normalized spacial score (nSPS) is 15.0. The summed E-state index contributed by atoms with van der Waals surface area (Å²) in [5, 5.41) is 10.4. The molecule has 0 fully saturated rings. The molecule has 158 valence electrons. The van der Waals surface area contributed by atoms with Gasteiger partial charge in [-0.15, -0.1) is 11.3 Å². The zero-order valence-corrected chi connectivity index (χ0v) is 18.9. The average molecular weight is 437 g/mol. The molecule has 0 bridgehead atoms. The first-order valence-electron chi connectivity index (χ1n) is 10.8. The third kappa shape index (κ3) is 3.80. The molecule has 1 N–H and O–H groups in total. The molecule has 1 aliphatic rings. The molecule has 0 saturated heterocycles. The number of thiophene rings is 1. The van der Waals surface area contributed by atoms with Gasteiger partial charge in [-0.2, -0.15) is 0 Å². The van der Waals surface area contributed by atoms with Gasteiger partial charge in [0, 0.05) is 9.58 Å². The highest BCUT2D eigenvalue weighted by Gasteiger charge is 2.29. The molecule has 1 aliphatic carbocycles. The summed E-state index contributed by atoms with van der Waals surface area (Å²) < 4.78 is 1.32. The molecule has 5 rings (SSSR count). The number of rotatable bonds is 4. The van der Waals surface area contributed by atoms with Crippen LogP contribution in [0.4, 0.5) is 0 Å². The van der Waals surface area contributed by atoms with E-state index >= 15 is 0 Å². The Morgan fingerprint density at radius 3 is 2.41 bits per heavy atom. The topological polar surface area (TPSA) is 37.3 Å². The smallest absolute Gasteiger partial charge is 0.335 e. The Balaban J connectivity index is 1.52. The highest BCUT2D eigenvalue weighted by molar-refractivity contribution is 7.20. The predicted molar refractivity (Wildman–Crippen MR) is 135 cm³/mol. The molecule has 0 amide bonds. The van der Waals surface area contributed by atoms with E-state index in [0.29, 0.717) is 5.56 Å². The molecule has 32 heavy (non-hydrogen) atoms. The number of carboxylic acid groups (broad SMARTS) is 1. The summed E-state index contributed by atoms with van der Waals surface area (Å²) in [4.78, 5) is 12.4. The van der Waals surface area contributed by atoms with E-state index < -0.39 is 5.97 Å². The van der Waals surface area contributed by atoms with Crippen molar-refractivity contribution in [2.24, 2.45) is 0 Å². The van der Waals surface area contributed by atoms with Crippen molar-refractivity contribution in [3.05, 3.63) is 112 Å². The van der Waals surface area contributed by atoms with Gasteiger partial charge in [-0.1, -0.05) is 74.5 Å². The Kier molecular flexibility index (Phi) is 5.07. The SMILES string of the molecule is CC1(C)CC=C(c2cc3ccccc3s2)c2cc(/C=C/c3ccc(C(=O)O)cc3)ccc21. The van der Waals surface area contributed by atoms with Gasteiger partial charge in [-0.05, 0) is 75.4 Å². The Bertz CT molecular complexity index is 1350. The maximum Gasteiger partial charge on any atom is 0.335 e. The Labute approximate surface area is 192 Å². The molecular formula is C29H24O2S. The van der Waals surface area contributed by atoms with Crippen LogP contribution < -0.4 is 0 Å². The van der Waals surface area contributed by atoms with Gasteiger partial charge in [0.1, 0.15) is 0 Å². The second-order valence-electron chi connectivity index (χ2n) is 8.92. The third-order valence-electron chi connectivity index (χ3n) is 6.20. The molecule has 3 aromatic carbocycles. The standard InChI is InChI=1S/C29H24O2S/c1-29(2)16-15-23(27-18-22-5-3-4-6-26(22)32-27)24-17-20(11-14-25(24)29)8-7-19-9-12-21(13-10-19)28(30)31/h3-15,17-18H,16H2,1-2H3,(H,30,31)/b8-7+. The molecule has 0 spiro atoms. The molecule has 0 radical (unpaired) electrons.